The topological polar surface area (TPSA) is 28.1 Å². The second-order valence-electron chi connectivity index (χ2n) is 5.69. The van der Waals surface area contributed by atoms with Crippen molar-refractivity contribution in [2.75, 3.05) is 0 Å². The van der Waals surface area contributed by atoms with Crippen molar-refractivity contribution in [1.29, 1.82) is 0 Å². The van der Waals surface area contributed by atoms with Gasteiger partial charge in [0, 0.05) is 5.69 Å². The van der Waals surface area contributed by atoms with E-state index in [0.29, 0.717) is 6.04 Å². The smallest absolute Gasteiger partial charge is 0.0756 e. The molecular formula is C20H19ClN2. The fourth-order valence-corrected chi connectivity index (χ4v) is 3.06. The van der Waals surface area contributed by atoms with E-state index in [2.05, 4.69) is 71.7 Å². The number of aromatic nitrogens is 1. The van der Waals surface area contributed by atoms with Crippen molar-refractivity contribution in [3.05, 3.63) is 84.1 Å². The lowest BCUT2D eigenvalue weighted by atomic mass is 10.0. The van der Waals surface area contributed by atoms with E-state index < -0.39 is 0 Å². The molecule has 1 aliphatic rings. The van der Waals surface area contributed by atoms with Crippen LogP contribution in [0.15, 0.2) is 77.8 Å². The van der Waals surface area contributed by atoms with Gasteiger partial charge in [-0.1, -0.05) is 60.7 Å². The lowest BCUT2D eigenvalue weighted by molar-refractivity contribution is 0.723. The Hall–Kier alpha value is -2.32. The van der Waals surface area contributed by atoms with Crippen molar-refractivity contribution in [2.24, 2.45) is 4.99 Å². The quantitative estimate of drug-likeness (QED) is 0.666. The predicted octanol–water partition coefficient (Wildman–Crippen LogP) is 5.43. The fourth-order valence-electron chi connectivity index (χ4n) is 3.06. The molecule has 3 aromatic rings. The molecule has 1 N–H and O–H groups in total. The van der Waals surface area contributed by atoms with E-state index >= 15 is 0 Å². The number of halogens is 1. The molecule has 1 aromatic heterocycles. The van der Waals surface area contributed by atoms with E-state index in [1.165, 1.54) is 16.8 Å². The average Bonchev–Trinajstić information content (AvgIpc) is 3.26. The van der Waals surface area contributed by atoms with Crippen molar-refractivity contribution >= 4 is 18.1 Å². The highest BCUT2D eigenvalue weighted by molar-refractivity contribution is 6.01. The third-order valence-electron chi connectivity index (χ3n) is 4.23. The number of aromatic amines is 1. The molecule has 0 fully saturated rings. The van der Waals surface area contributed by atoms with E-state index in [1.807, 2.05) is 6.07 Å². The molecule has 0 bridgehead atoms. The van der Waals surface area contributed by atoms with Gasteiger partial charge in [-0.15, -0.1) is 12.4 Å². The van der Waals surface area contributed by atoms with Crippen LogP contribution in [0, 0.1) is 0 Å². The van der Waals surface area contributed by atoms with Crippen molar-refractivity contribution in [2.45, 2.75) is 18.9 Å². The Morgan fingerprint density at radius 1 is 0.783 bits per heavy atom. The summed E-state index contributed by atoms with van der Waals surface area (Å²) < 4.78 is 0. The Morgan fingerprint density at radius 3 is 2.17 bits per heavy atom. The van der Waals surface area contributed by atoms with Gasteiger partial charge in [0.25, 0.3) is 0 Å². The molecule has 0 saturated carbocycles. The number of H-pyrrole nitrogens is 1. The fraction of sp³-hybridized carbons (Fsp3) is 0.150. The molecule has 4 rings (SSSR count). The first kappa shape index (κ1) is 15.6. The van der Waals surface area contributed by atoms with Crippen LogP contribution in [0.2, 0.25) is 0 Å². The summed E-state index contributed by atoms with van der Waals surface area (Å²) in [6.07, 6.45) is 2.13. The highest BCUT2D eigenvalue weighted by Crippen LogP contribution is 2.31. The van der Waals surface area contributed by atoms with Gasteiger partial charge in [-0.2, -0.15) is 0 Å². The van der Waals surface area contributed by atoms with E-state index in [4.69, 9.17) is 4.99 Å². The Balaban J connectivity index is 0.00000156. The molecule has 2 heterocycles. The van der Waals surface area contributed by atoms with Gasteiger partial charge in [-0.25, -0.2) is 0 Å². The van der Waals surface area contributed by atoms with Crippen molar-refractivity contribution in [3.8, 4) is 11.3 Å². The van der Waals surface area contributed by atoms with Crippen LogP contribution < -0.4 is 0 Å². The SMILES string of the molecule is Cl.c1ccc(-c2ccc(C3=NC(c4ccccc4)CC3)[nH]2)cc1. The summed E-state index contributed by atoms with van der Waals surface area (Å²) in [4.78, 5) is 8.43. The highest BCUT2D eigenvalue weighted by atomic mass is 35.5. The number of aliphatic imine (C=N–C) groups is 1. The van der Waals surface area contributed by atoms with E-state index in [1.54, 1.807) is 0 Å². The average molecular weight is 323 g/mol. The molecule has 2 nitrogen and oxygen atoms in total. The van der Waals surface area contributed by atoms with Gasteiger partial charge in [-0.3, -0.25) is 4.99 Å². The Labute approximate surface area is 142 Å². The predicted molar refractivity (Wildman–Crippen MR) is 98.4 cm³/mol. The number of hydrogen-bond acceptors (Lipinski definition) is 1. The normalized spacial score (nSPS) is 16.7. The standard InChI is InChI=1S/C20H18N2.ClH/c1-3-7-15(8-4-1)17-11-13-19(21-17)20-14-12-18(22-20)16-9-5-2-6-10-16;/h1-11,13,18,21H,12,14H2;1H. The van der Waals surface area contributed by atoms with Gasteiger partial charge >= 0.3 is 0 Å². The molecule has 23 heavy (non-hydrogen) atoms. The van der Waals surface area contributed by atoms with Crippen molar-refractivity contribution < 1.29 is 0 Å². The maximum atomic E-state index is 4.92. The van der Waals surface area contributed by atoms with Gasteiger partial charge in [0.15, 0.2) is 0 Å². The summed E-state index contributed by atoms with van der Waals surface area (Å²) in [5.41, 5.74) is 6.02. The van der Waals surface area contributed by atoms with E-state index in [0.717, 1.165) is 24.2 Å². The van der Waals surface area contributed by atoms with Crippen LogP contribution in [0.1, 0.15) is 30.1 Å². The molecule has 3 heteroatoms. The van der Waals surface area contributed by atoms with Crippen molar-refractivity contribution in [3.63, 3.8) is 0 Å². The zero-order valence-corrected chi connectivity index (χ0v) is 13.6. The Kier molecular flexibility index (Phi) is 4.63. The zero-order valence-electron chi connectivity index (χ0n) is 12.8. The summed E-state index contributed by atoms with van der Waals surface area (Å²) in [6, 6.07) is 25.6. The van der Waals surface area contributed by atoms with Crippen LogP contribution in [-0.4, -0.2) is 10.7 Å². The summed E-state index contributed by atoms with van der Waals surface area (Å²) in [5.74, 6) is 0. The highest BCUT2D eigenvalue weighted by Gasteiger charge is 2.20. The van der Waals surface area contributed by atoms with Gasteiger partial charge < -0.3 is 4.98 Å². The number of benzene rings is 2. The van der Waals surface area contributed by atoms with E-state index in [9.17, 15) is 0 Å². The lowest BCUT2D eigenvalue weighted by Crippen LogP contribution is -1.95. The maximum Gasteiger partial charge on any atom is 0.0756 e. The second-order valence-corrected chi connectivity index (χ2v) is 5.69. The second kappa shape index (κ2) is 6.84. The molecule has 116 valence electrons. The largest absolute Gasteiger partial charge is 0.354 e. The minimum Gasteiger partial charge on any atom is -0.354 e. The lowest BCUT2D eigenvalue weighted by Gasteiger charge is -2.05. The van der Waals surface area contributed by atoms with Gasteiger partial charge in [0.2, 0.25) is 0 Å². The first-order valence-corrected chi connectivity index (χ1v) is 7.76. The Bertz CT molecular complexity index is 791. The first-order valence-electron chi connectivity index (χ1n) is 7.76. The first-order chi connectivity index (χ1) is 10.9. The van der Waals surface area contributed by atoms with E-state index in [-0.39, 0.29) is 12.4 Å². The van der Waals surface area contributed by atoms with Gasteiger partial charge in [0.1, 0.15) is 0 Å². The Morgan fingerprint density at radius 2 is 1.43 bits per heavy atom. The molecule has 0 saturated heterocycles. The van der Waals surface area contributed by atoms with Crippen LogP contribution in [-0.2, 0) is 0 Å². The molecule has 2 aromatic carbocycles. The molecule has 0 spiro atoms. The molecule has 0 amide bonds. The van der Waals surface area contributed by atoms with Crippen LogP contribution in [0.4, 0.5) is 0 Å². The van der Waals surface area contributed by atoms with Crippen molar-refractivity contribution in [1.82, 2.24) is 4.98 Å². The van der Waals surface area contributed by atoms with Crippen LogP contribution in [0.3, 0.4) is 0 Å². The molecule has 1 unspecified atom stereocenters. The molecule has 0 aliphatic carbocycles. The minimum atomic E-state index is 0. The number of rotatable bonds is 3. The summed E-state index contributed by atoms with van der Waals surface area (Å²) in [5, 5.41) is 0. The monoisotopic (exact) mass is 322 g/mol. The number of nitrogens with one attached hydrogen (secondary N) is 1. The molecule has 1 aliphatic heterocycles. The van der Waals surface area contributed by atoms with Crippen LogP contribution in [0.25, 0.3) is 11.3 Å². The zero-order chi connectivity index (χ0) is 14.8. The van der Waals surface area contributed by atoms with Crippen LogP contribution >= 0.6 is 12.4 Å². The molecule has 1 atom stereocenters. The maximum absolute atomic E-state index is 4.92. The van der Waals surface area contributed by atoms with Crippen LogP contribution in [0.5, 0.6) is 0 Å². The molecule has 0 radical (unpaired) electrons. The summed E-state index contributed by atoms with van der Waals surface area (Å²) in [6.45, 7) is 0. The van der Waals surface area contributed by atoms with Gasteiger partial charge in [-0.05, 0) is 36.1 Å². The van der Waals surface area contributed by atoms with Gasteiger partial charge in [0.05, 0.1) is 17.4 Å². The molecular weight excluding hydrogens is 304 g/mol. The number of nitrogens with zero attached hydrogens (tertiary/aromatic N) is 1. The third kappa shape index (κ3) is 3.22. The number of hydrogen-bond donors (Lipinski definition) is 1. The minimum absolute atomic E-state index is 0. The summed E-state index contributed by atoms with van der Waals surface area (Å²) >= 11 is 0. The third-order valence-corrected chi connectivity index (χ3v) is 4.23. The summed E-state index contributed by atoms with van der Waals surface area (Å²) in [7, 11) is 0.